The van der Waals surface area contributed by atoms with Gasteiger partial charge < -0.3 is 10.2 Å². The van der Waals surface area contributed by atoms with Gasteiger partial charge in [0.25, 0.3) is 0 Å². The Hall–Kier alpha value is -0.870. The molecule has 2 unspecified atom stereocenters. The van der Waals surface area contributed by atoms with E-state index in [1.54, 1.807) is 12.3 Å². The predicted molar refractivity (Wildman–Crippen MR) is 60.0 cm³/mol. The van der Waals surface area contributed by atoms with E-state index in [0.717, 1.165) is 0 Å². The van der Waals surface area contributed by atoms with Gasteiger partial charge in [0.2, 0.25) is 0 Å². The first-order valence-corrected chi connectivity index (χ1v) is 6.00. The minimum Gasteiger partial charge on any atom is -0.389 e. The van der Waals surface area contributed by atoms with E-state index in [4.69, 9.17) is 16.9 Å². The van der Waals surface area contributed by atoms with Crippen LogP contribution in [-0.4, -0.2) is 32.5 Å². The second-order valence-electron chi connectivity index (χ2n) is 2.98. The molecule has 1 aromatic rings. The molecule has 16 heavy (non-hydrogen) atoms. The number of aliphatic hydroxyl groups is 2. The zero-order valence-corrected chi connectivity index (χ0v) is 10.0. The second kappa shape index (κ2) is 6.01. The molecule has 0 bridgehead atoms. The van der Waals surface area contributed by atoms with Crippen molar-refractivity contribution in [2.24, 2.45) is 0 Å². The van der Waals surface area contributed by atoms with Crippen LogP contribution in [0.25, 0.3) is 0 Å². The normalized spacial score (nSPS) is 14.2. The van der Waals surface area contributed by atoms with Gasteiger partial charge in [-0.05, 0) is 6.26 Å². The van der Waals surface area contributed by atoms with Crippen molar-refractivity contribution in [3.8, 4) is 6.07 Å². The van der Waals surface area contributed by atoms with E-state index >= 15 is 0 Å². The van der Waals surface area contributed by atoms with Crippen molar-refractivity contribution < 1.29 is 10.2 Å². The van der Waals surface area contributed by atoms with Crippen molar-refractivity contribution in [1.29, 1.82) is 5.26 Å². The molecule has 0 saturated carbocycles. The maximum atomic E-state index is 9.69. The van der Waals surface area contributed by atoms with Crippen LogP contribution in [0.4, 0.5) is 0 Å². The Bertz CT molecular complexity index is 410. The van der Waals surface area contributed by atoms with E-state index in [2.05, 4.69) is 9.97 Å². The van der Waals surface area contributed by atoms with Crippen LogP contribution in [0, 0.1) is 11.3 Å². The lowest BCUT2D eigenvalue weighted by Crippen LogP contribution is -2.18. The first-order valence-electron chi connectivity index (χ1n) is 4.39. The zero-order chi connectivity index (χ0) is 12.1. The molecule has 0 aromatic carbocycles. The zero-order valence-electron chi connectivity index (χ0n) is 8.46. The van der Waals surface area contributed by atoms with E-state index in [-0.39, 0.29) is 17.1 Å². The predicted octanol–water partition coefficient (Wildman–Crippen LogP) is 1.16. The topological polar surface area (TPSA) is 90.0 Å². The fraction of sp³-hybridized carbons (Fsp3) is 0.444. The Morgan fingerprint density at radius 2 is 2.31 bits per heavy atom. The molecule has 0 saturated heterocycles. The van der Waals surface area contributed by atoms with Gasteiger partial charge in [0, 0.05) is 11.8 Å². The third-order valence-corrected chi connectivity index (χ3v) is 2.78. The molecule has 1 aromatic heterocycles. The molecule has 0 radical (unpaired) electrons. The largest absolute Gasteiger partial charge is 0.389 e. The van der Waals surface area contributed by atoms with Crippen LogP contribution in [0.5, 0.6) is 0 Å². The highest BCUT2D eigenvalue weighted by molar-refractivity contribution is 7.98. The number of aromatic nitrogens is 2. The molecular formula is C9H10ClN3O2S. The Balaban J connectivity index is 2.92. The van der Waals surface area contributed by atoms with E-state index < -0.39 is 12.2 Å². The second-order valence-corrected chi connectivity index (χ2v) is 4.11. The average Bonchev–Trinajstić information content (AvgIpc) is 2.28. The molecule has 0 fully saturated rings. The van der Waals surface area contributed by atoms with Crippen LogP contribution in [0.1, 0.15) is 18.1 Å². The third-order valence-electron chi connectivity index (χ3n) is 1.91. The summed E-state index contributed by atoms with van der Waals surface area (Å²) < 4.78 is 0. The molecule has 0 aliphatic rings. The minimum atomic E-state index is -1.25. The SMILES string of the molecule is CSc1ncc(C(O)C(O)CC#N)c(Cl)n1. The van der Waals surface area contributed by atoms with E-state index in [9.17, 15) is 10.2 Å². The molecule has 7 heteroatoms. The van der Waals surface area contributed by atoms with Gasteiger partial charge in [-0.25, -0.2) is 9.97 Å². The van der Waals surface area contributed by atoms with Gasteiger partial charge in [-0.1, -0.05) is 23.4 Å². The number of hydrogen-bond acceptors (Lipinski definition) is 6. The number of thioether (sulfide) groups is 1. The van der Waals surface area contributed by atoms with Crippen LogP contribution in [0.15, 0.2) is 11.4 Å². The smallest absolute Gasteiger partial charge is 0.188 e. The first-order chi connectivity index (χ1) is 7.60. The molecule has 1 heterocycles. The van der Waals surface area contributed by atoms with Gasteiger partial charge >= 0.3 is 0 Å². The summed E-state index contributed by atoms with van der Waals surface area (Å²) in [5.41, 5.74) is 0.224. The van der Waals surface area contributed by atoms with Crippen molar-refractivity contribution in [2.75, 3.05) is 6.26 Å². The van der Waals surface area contributed by atoms with Crippen molar-refractivity contribution in [3.05, 3.63) is 16.9 Å². The van der Waals surface area contributed by atoms with Gasteiger partial charge in [-0.2, -0.15) is 5.26 Å². The summed E-state index contributed by atoms with van der Waals surface area (Å²) in [7, 11) is 0. The summed E-state index contributed by atoms with van der Waals surface area (Å²) in [6.07, 6.45) is 0.537. The lowest BCUT2D eigenvalue weighted by molar-refractivity contribution is 0.0212. The molecule has 2 N–H and O–H groups in total. The number of halogens is 1. The van der Waals surface area contributed by atoms with Crippen molar-refractivity contribution in [1.82, 2.24) is 9.97 Å². The Morgan fingerprint density at radius 1 is 1.62 bits per heavy atom. The highest BCUT2D eigenvalue weighted by atomic mass is 35.5. The summed E-state index contributed by atoms with van der Waals surface area (Å²) in [5, 5.41) is 28.1. The lowest BCUT2D eigenvalue weighted by Gasteiger charge is -2.15. The highest BCUT2D eigenvalue weighted by Gasteiger charge is 2.21. The average molecular weight is 260 g/mol. The molecule has 0 aliphatic carbocycles. The molecule has 0 amide bonds. The Morgan fingerprint density at radius 3 is 2.81 bits per heavy atom. The number of aliphatic hydroxyl groups excluding tert-OH is 2. The summed E-state index contributed by atoms with van der Waals surface area (Å²) in [6.45, 7) is 0. The highest BCUT2D eigenvalue weighted by Crippen LogP contribution is 2.25. The number of nitriles is 1. The summed E-state index contributed by atoms with van der Waals surface area (Å²) in [5.74, 6) is 0. The van der Waals surface area contributed by atoms with Crippen LogP contribution in [0.3, 0.4) is 0 Å². The van der Waals surface area contributed by atoms with Gasteiger partial charge in [0.1, 0.15) is 11.3 Å². The van der Waals surface area contributed by atoms with Crippen LogP contribution in [-0.2, 0) is 0 Å². The van der Waals surface area contributed by atoms with Crippen molar-refractivity contribution >= 4 is 23.4 Å². The molecule has 1 rings (SSSR count). The van der Waals surface area contributed by atoms with Crippen molar-refractivity contribution in [3.63, 3.8) is 0 Å². The van der Waals surface area contributed by atoms with Crippen LogP contribution in [0.2, 0.25) is 5.15 Å². The first kappa shape index (κ1) is 13.2. The Labute approximate surface area is 102 Å². The summed E-state index contributed by atoms with van der Waals surface area (Å²) in [6, 6.07) is 1.76. The number of rotatable bonds is 4. The maximum absolute atomic E-state index is 9.69. The lowest BCUT2D eigenvalue weighted by atomic mass is 10.1. The summed E-state index contributed by atoms with van der Waals surface area (Å²) >= 11 is 7.15. The van der Waals surface area contributed by atoms with Crippen molar-refractivity contribution in [2.45, 2.75) is 23.8 Å². The fourth-order valence-electron chi connectivity index (χ4n) is 1.06. The molecule has 0 aliphatic heterocycles. The standard InChI is InChI=1S/C9H10ClN3O2S/c1-16-9-12-4-5(8(10)13-9)7(15)6(14)2-3-11/h4,6-7,14-15H,2H2,1H3. The van der Waals surface area contributed by atoms with Crippen LogP contribution < -0.4 is 0 Å². The van der Waals surface area contributed by atoms with Gasteiger partial charge in [-0.15, -0.1) is 0 Å². The maximum Gasteiger partial charge on any atom is 0.188 e. The van der Waals surface area contributed by atoms with Gasteiger partial charge in [0.15, 0.2) is 5.16 Å². The minimum absolute atomic E-state index is 0.0869. The fourth-order valence-corrected chi connectivity index (χ4v) is 1.70. The number of nitrogens with zero attached hydrogens (tertiary/aromatic N) is 3. The van der Waals surface area contributed by atoms with E-state index in [1.807, 2.05) is 0 Å². The molecule has 2 atom stereocenters. The molecule has 5 nitrogen and oxygen atoms in total. The van der Waals surface area contributed by atoms with E-state index in [1.165, 1.54) is 18.0 Å². The van der Waals surface area contributed by atoms with Crippen LogP contribution >= 0.6 is 23.4 Å². The van der Waals surface area contributed by atoms with Gasteiger partial charge in [-0.3, -0.25) is 0 Å². The molecular weight excluding hydrogens is 250 g/mol. The quantitative estimate of drug-likeness (QED) is 0.479. The summed E-state index contributed by atoms with van der Waals surface area (Å²) in [4.78, 5) is 7.85. The molecule has 0 spiro atoms. The van der Waals surface area contributed by atoms with Gasteiger partial charge in [0.05, 0.1) is 18.6 Å². The molecule has 86 valence electrons. The van der Waals surface area contributed by atoms with E-state index in [0.29, 0.717) is 5.16 Å². The third kappa shape index (κ3) is 3.06. The number of hydrogen-bond donors (Lipinski definition) is 2. The Kier molecular flexibility index (Phi) is 4.96. The monoisotopic (exact) mass is 259 g/mol.